The van der Waals surface area contributed by atoms with E-state index in [4.69, 9.17) is 4.74 Å². The van der Waals surface area contributed by atoms with Gasteiger partial charge in [0.1, 0.15) is 11.6 Å². The van der Waals surface area contributed by atoms with Crippen LogP contribution in [0.1, 0.15) is 5.56 Å². The molecular weight excluding hydrogens is 360 g/mol. The molecule has 0 bridgehead atoms. The maximum Gasteiger partial charge on any atom is 0.140 e. The van der Waals surface area contributed by atoms with E-state index in [1.807, 2.05) is 30.3 Å². The van der Waals surface area contributed by atoms with E-state index in [0.717, 1.165) is 26.1 Å². The maximum atomic E-state index is 5.19. The first-order valence-electron chi connectivity index (χ1n) is 5.37. The third-order valence-electron chi connectivity index (χ3n) is 2.40. The summed E-state index contributed by atoms with van der Waals surface area (Å²) < 4.78 is 7.06. The van der Waals surface area contributed by atoms with Crippen LogP contribution in [0.3, 0.4) is 0 Å². The quantitative estimate of drug-likeness (QED) is 0.873. The van der Waals surface area contributed by atoms with Gasteiger partial charge in [-0.25, -0.2) is 4.98 Å². The lowest BCUT2D eigenvalue weighted by atomic mass is 10.2. The molecule has 0 fully saturated rings. The molecule has 0 aliphatic heterocycles. The summed E-state index contributed by atoms with van der Waals surface area (Å²) in [5.41, 5.74) is 1.14. The highest BCUT2D eigenvalue weighted by Gasteiger charge is 2.02. The number of halogens is 2. The minimum Gasteiger partial charge on any atom is -0.497 e. The molecule has 2 aromatic rings. The number of pyridine rings is 1. The Labute approximate surface area is 123 Å². The molecule has 1 heterocycles. The van der Waals surface area contributed by atoms with Crippen molar-refractivity contribution in [2.24, 2.45) is 0 Å². The van der Waals surface area contributed by atoms with Crippen molar-refractivity contribution >= 4 is 37.7 Å². The van der Waals surface area contributed by atoms with Crippen molar-refractivity contribution in [2.45, 2.75) is 6.54 Å². The Balaban J connectivity index is 2.06. The fourth-order valence-corrected chi connectivity index (χ4v) is 2.64. The molecule has 0 amide bonds. The molecule has 3 nitrogen and oxygen atoms in total. The summed E-state index contributed by atoms with van der Waals surface area (Å²) in [6.45, 7) is 0.699. The number of rotatable bonds is 4. The Morgan fingerprint density at radius 3 is 2.83 bits per heavy atom. The lowest BCUT2D eigenvalue weighted by molar-refractivity contribution is 0.414. The molecule has 94 valence electrons. The van der Waals surface area contributed by atoms with Gasteiger partial charge in [0.05, 0.1) is 11.6 Å². The average Bonchev–Trinajstić information content (AvgIpc) is 2.38. The zero-order chi connectivity index (χ0) is 13.0. The first kappa shape index (κ1) is 13.4. The standard InChI is InChI=1S/C13H12Br2N2O/c1-18-11-4-2-3-9(5-11)7-16-13-12(15)6-10(14)8-17-13/h2-6,8H,7H2,1H3,(H,16,17). The largest absolute Gasteiger partial charge is 0.497 e. The number of methoxy groups -OCH3 is 1. The van der Waals surface area contributed by atoms with E-state index in [1.165, 1.54) is 0 Å². The highest BCUT2D eigenvalue weighted by molar-refractivity contribution is 9.11. The first-order valence-corrected chi connectivity index (χ1v) is 6.95. The van der Waals surface area contributed by atoms with E-state index in [9.17, 15) is 0 Å². The van der Waals surface area contributed by atoms with Crippen molar-refractivity contribution in [1.29, 1.82) is 0 Å². The van der Waals surface area contributed by atoms with Crippen LogP contribution in [0.15, 0.2) is 45.5 Å². The molecule has 1 aromatic carbocycles. The van der Waals surface area contributed by atoms with Crippen molar-refractivity contribution in [1.82, 2.24) is 4.98 Å². The Morgan fingerprint density at radius 2 is 2.11 bits per heavy atom. The van der Waals surface area contributed by atoms with E-state index < -0.39 is 0 Å². The summed E-state index contributed by atoms with van der Waals surface area (Å²) in [7, 11) is 1.67. The zero-order valence-electron chi connectivity index (χ0n) is 9.78. The van der Waals surface area contributed by atoms with E-state index in [0.29, 0.717) is 6.54 Å². The Bertz CT molecular complexity index is 546. The number of nitrogens with zero attached hydrogens (tertiary/aromatic N) is 1. The minimum atomic E-state index is 0.699. The van der Waals surface area contributed by atoms with Crippen LogP contribution in [0.4, 0.5) is 5.82 Å². The van der Waals surface area contributed by atoms with Crippen molar-refractivity contribution in [3.05, 3.63) is 51.0 Å². The van der Waals surface area contributed by atoms with Gasteiger partial charge in [-0.3, -0.25) is 0 Å². The van der Waals surface area contributed by atoms with Gasteiger partial charge in [-0.05, 0) is 55.6 Å². The van der Waals surface area contributed by atoms with Crippen LogP contribution >= 0.6 is 31.9 Å². The molecule has 0 spiro atoms. The second-order valence-corrected chi connectivity index (χ2v) is 5.46. The highest BCUT2D eigenvalue weighted by atomic mass is 79.9. The second kappa shape index (κ2) is 6.20. The number of ether oxygens (including phenoxy) is 1. The Morgan fingerprint density at radius 1 is 1.28 bits per heavy atom. The average molecular weight is 372 g/mol. The van der Waals surface area contributed by atoms with Crippen LogP contribution in [0.2, 0.25) is 0 Å². The lowest BCUT2D eigenvalue weighted by Gasteiger charge is -2.08. The molecule has 0 aliphatic rings. The Hall–Kier alpha value is -1.07. The van der Waals surface area contributed by atoms with Crippen molar-refractivity contribution in [3.63, 3.8) is 0 Å². The maximum absolute atomic E-state index is 5.19. The molecule has 5 heteroatoms. The van der Waals surface area contributed by atoms with Crippen LogP contribution in [-0.4, -0.2) is 12.1 Å². The predicted octanol–water partition coefficient (Wildman–Crippen LogP) is 4.23. The number of aromatic nitrogens is 1. The van der Waals surface area contributed by atoms with Gasteiger partial charge in [-0.15, -0.1) is 0 Å². The van der Waals surface area contributed by atoms with Crippen molar-refractivity contribution in [2.75, 3.05) is 12.4 Å². The molecule has 0 atom stereocenters. The second-order valence-electron chi connectivity index (χ2n) is 3.69. The van der Waals surface area contributed by atoms with Crippen LogP contribution in [-0.2, 0) is 6.54 Å². The molecule has 0 saturated heterocycles. The normalized spacial score (nSPS) is 10.2. The summed E-state index contributed by atoms with van der Waals surface area (Å²) in [6, 6.07) is 9.90. The molecular formula is C13H12Br2N2O. The van der Waals surface area contributed by atoms with Crippen LogP contribution < -0.4 is 10.1 Å². The van der Waals surface area contributed by atoms with Crippen molar-refractivity contribution < 1.29 is 4.74 Å². The molecule has 18 heavy (non-hydrogen) atoms. The van der Waals surface area contributed by atoms with Gasteiger partial charge in [0.15, 0.2) is 0 Å². The molecule has 2 rings (SSSR count). The van der Waals surface area contributed by atoms with Gasteiger partial charge >= 0.3 is 0 Å². The van der Waals surface area contributed by atoms with E-state index in [2.05, 4.69) is 42.2 Å². The predicted molar refractivity (Wildman–Crippen MR) is 80.0 cm³/mol. The summed E-state index contributed by atoms with van der Waals surface area (Å²) in [5, 5.41) is 3.27. The van der Waals surface area contributed by atoms with Gasteiger partial charge in [0.2, 0.25) is 0 Å². The molecule has 0 radical (unpaired) electrons. The minimum absolute atomic E-state index is 0.699. The summed E-state index contributed by atoms with van der Waals surface area (Å²) in [5.74, 6) is 1.68. The summed E-state index contributed by atoms with van der Waals surface area (Å²) >= 11 is 6.84. The van der Waals surface area contributed by atoms with Gasteiger partial charge in [0, 0.05) is 17.2 Å². The molecule has 0 saturated carbocycles. The third kappa shape index (κ3) is 3.46. The third-order valence-corrected chi connectivity index (χ3v) is 3.44. The monoisotopic (exact) mass is 370 g/mol. The fraction of sp³-hybridized carbons (Fsp3) is 0.154. The molecule has 0 unspecified atom stereocenters. The van der Waals surface area contributed by atoms with Gasteiger partial charge in [-0.2, -0.15) is 0 Å². The summed E-state index contributed by atoms with van der Waals surface area (Å²) in [6.07, 6.45) is 1.76. The Kier molecular flexibility index (Phi) is 4.60. The molecule has 0 aliphatic carbocycles. The van der Waals surface area contributed by atoms with Crippen LogP contribution in [0, 0.1) is 0 Å². The van der Waals surface area contributed by atoms with Gasteiger partial charge in [0.25, 0.3) is 0 Å². The number of nitrogens with one attached hydrogen (secondary N) is 1. The van der Waals surface area contributed by atoms with Gasteiger partial charge in [-0.1, -0.05) is 12.1 Å². The van der Waals surface area contributed by atoms with Gasteiger partial charge < -0.3 is 10.1 Å². The number of anilines is 1. The van der Waals surface area contributed by atoms with Crippen LogP contribution in [0.25, 0.3) is 0 Å². The van der Waals surface area contributed by atoms with E-state index in [1.54, 1.807) is 13.3 Å². The number of hydrogen-bond acceptors (Lipinski definition) is 3. The van der Waals surface area contributed by atoms with Crippen LogP contribution in [0.5, 0.6) is 5.75 Å². The number of hydrogen-bond donors (Lipinski definition) is 1. The summed E-state index contributed by atoms with van der Waals surface area (Å²) in [4.78, 5) is 4.30. The zero-order valence-corrected chi connectivity index (χ0v) is 13.0. The smallest absolute Gasteiger partial charge is 0.140 e. The molecule has 1 aromatic heterocycles. The molecule has 1 N–H and O–H groups in total. The van der Waals surface area contributed by atoms with E-state index >= 15 is 0 Å². The van der Waals surface area contributed by atoms with Crippen molar-refractivity contribution in [3.8, 4) is 5.75 Å². The van der Waals surface area contributed by atoms with E-state index in [-0.39, 0.29) is 0 Å². The number of benzene rings is 1. The fourth-order valence-electron chi connectivity index (χ4n) is 1.51. The lowest BCUT2D eigenvalue weighted by Crippen LogP contribution is -2.02. The topological polar surface area (TPSA) is 34.1 Å². The highest BCUT2D eigenvalue weighted by Crippen LogP contribution is 2.24. The SMILES string of the molecule is COc1cccc(CNc2ncc(Br)cc2Br)c1. The first-order chi connectivity index (χ1) is 8.69.